The zero-order chi connectivity index (χ0) is 10.4. The van der Waals surface area contributed by atoms with Crippen molar-refractivity contribution >= 4 is 0 Å². The van der Waals surface area contributed by atoms with Gasteiger partial charge in [0.1, 0.15) is 0 Å². The summed E-state index contributed by atoms with van der Waals surface area (Å²) >= 11 is 0. The monoisotopic (exact) mass is 197 g/mol. The summed E-state index contributed by atoms with van der Waals surface area (Å²) in [5, 5.41) is 3.64. The van der Waals surface area contributed by atoms with Crippen LogP contribution in [0.5, 0.6) is 0 Å². The maximum Gasteiger partial charge on any atom is 0.00106 e. The lowest BCUT2D eigenvalue weighted by Gasteiger charge is -2.30. The minimum atomic E-state index is 0.647. The lowest BCUT2D eigenvalue weighted by atomic mass is 9.81. The number of hydrogen-bond acceptors (Lipinski definition) is 1. The van der Waals surface area contributed by atoms with Gasteiger partial charge in [0.2, 0.25) is 0 Å². The average molecular weight is 197 g/mol. The van der Waals surface area contributed by atoms with Gasteiger partial charge in [-0.2, -0.15) is 0 Å². The van der Waals surface area contributed by atoms with Gasteiger partial charge in [0.25, 0.3) is 0 Å². The summed E-state index contributed by atoms with van der Waals surface area (Å²) in [5.41, 5.74) is 0.667. The predicted molar refractivity (Wildman–Crippen MR) is 63.6 cm³/mol. The van der Waals surface area contributed by atoms with Crippen LogP contribution >= 0.6 is 0 Å². The molecular weight excluding hydrogens is 170 g/mol. The topological polar surface area (TPSA) is 12.0 Å². The maximum atomic E-state index is 3.64. The second-order valence-electron chi connectivity index (χ2n) is 5.35. The summed E-state index contributed by atoms with van der Waals surface area (Å²) < 4.78 is 0. The molecule has 1 rings (SSSR count). The first-order chi connectivity index (χ1) is 6.68. The molecule has 1 N–H and O–H groups in total. The highest BCUT2D eigenvalue weighted by Crippen LogP contribution is 2.41. The lowest BCUT2D eigenvalue weighted by Crippen LogP contribution is -2.35. The average Bonchev–Trinajstić information content (AvgIpc) is 2.61. The molecule has 1 saturated carbocycles. The van der Waals surface area contributed by atoms with Crippen LogP contribution in [0.15, 0.2) is 0 Å². The molecule has 1 nitrogen and oxygen atoms in total. The van der Waals surface area contributed by atoms with Crippen molar-refractivity contribution in [1.82, 2.24) is 5.32 Å². The molecule has 1 aliphatic rings. The van der Waals surface area contributed by atoms with Crippen molar-refractivity contribution in [2.75, 3.05) is 6.54 Å². The molecule has 0 aliphatic heterocycles. The first-order valence-corrected chi connectivity index (χ1v) is 6.42. The van der Waals surface area contributed by atoms with E-state index >= 15 is 0 Å². The summed E-state index contributed by atoms with van der Waals surface area (Å²) in [4.78, 5) is 0. The minimum absolute atomic E-state index is 0.647. The second-order valence-corrected chi connectivity index (χ2v) is 5.35. The van der Waals surface area contributed by atoms with Gasteiger partial charge in [-0.05, 0) is 24.7 Å². The number of unbranched alkanes of at least 4 members (excludes halogenated alkanes) is 1. The van der Waals surface area contributed by atoms with Crippen LogP contribution in [0.25, 0.3) is 0 Å². The molecule has 0 amide bonds. The summed E-state index contributed by atoms with van der Waals surface area (Å²) in [6.07, 6.45) is 10.1. The highest BCUT2D eigenvalue weighted by Gasteiger charge is 2.32. The van der Waals surface area contributed by atoms with Crippen molar-refractivity contribution in [3.63, 3.8) is 0 Å². The van der Waals surface area contributed by atoms with Crippen molar-refractivity contribution in [2.45, 2.75) is 71.8 Å². The molecular formula is C13H27N. The standard InChI is InChI=1S/C13H27N/c1-4-5-8-13(9-6-7-10-13)11-14-12(2)3/h12,14H,4-11H2,1-3H3. The van der Waals surface area contributed by atoms with Gasteiger partial charge in [0.05, 0.1) is 0 Å². The Morgan fingerprint density at radius 1 is 1.21 bits per heavy atom. The number of hydrogen-bond donors (Lipinski definition) is 1. The Bertz CT molecular complexity index is 145. The third kappa shape index (κ3) is 3.61. The Kier molecular flexibility index (Phi) is 4.94. The van der Waals surface area contributed by atoms with Crippen LogP contribution in [0, 0.1) is 5.41 Å². The third-order valence-electron chi connectivity index (χ3n) is 3.61. The van der Waals surface area contributed by atoms with Crippen LogP contribution in [0.2, 0.25) is 0 Å². The predicted octanol–water partition coefficient (Wildman–Crippen LogP) is 3.74. The summed E-state index contributed by atoms with van der Waals surface area (Å²) in [6, 6.07) is 0.647. The van der Waals surface area contributed by atoms with Crippen LogP contribution in [0.4, 0.5) is 0 Å². The van der Waals surface area contributed by atoms with Gasteiger partial charge >= 0.3 is 0 Å². The molecule has 14 heavy (non-hydrogen) atoms. The van der Waals surface area contributed by atoms with Crippen LogP contribution in [0.1, 0.15) is 65.7 Å². The highest BCUT2D eigenvalue weighted by atomic mass is 14.9. The molecule has 0 aromatic heterocycles. The van der Waals surface area contributed by atoms with E-state index in [1.165, 1.54) is 51.5 Å². The molecule has 0 unspecified atom stereocenters. The molecule has 0 radical (unpaired) electrons. The van der Waals surface area contributed by atoms with E-state index < -0.39 is 0 Å². The van der Waals surface area contributed by atoms with Gasteiger partial charge in [0.15, 0.2) is 0 Å². The Balaban J connectivity index is 2.36. The minimum Gasteiger partial charge on any atom is -0.314 e. The van der Waals surface area contributed by atoms with Gasteiger partial charge in [0, 0.05) is 12.6 Å². The van der Waals surface area contributed by atoms with E-state index in [1.54, 1.807) is 0 Å². The van der Waals surface area contributed by atoms with E-state index in [0.717, 1.165) is 0 Å². The Labute approximate surface area is 89.7 Å². The molecule has 0 aromatic rings. The van der Waals surface area contributed by atoms with Crippen molar-refractivity contribution < 1.29 is 0 Å². The maximum absolute atomic E-state index is 3.64. The SMILES string of the molecule is CCCCC1(CNC(C)C)CCCC1. The van der Waals surface area contributed by atoms with Crippen LogP contribution < -0.4 is 5.32 Å². The molecule has 1 heteroatoms. The summed E-state index contributed by atoms with van der Waals surface area (Å²) in [7, 11) is 0. The van der Waals surface area contributed by atoms with Crippen LogP contribution in [-0.2, 0) is 0 Å². The van der Waals surface area contributed by atoms with Gasteiger partial charge in [-0.1, -0.05) is 46.5 Å². The Morgan fingerprint density at radius 3 is 2.36 bits per heavy atom. The van der Waals surface area contributed by atoms with E-state index in [4.69, 9.17) is 0 Å². The van der Waals surface area contributed by atoms with E-state index in [9.17, 15) is 0 Å². The first-order valence-electron chi connectivity index (χ1n) is 6.42. The lowest BCUT2D eigenvalue weighted by molar-refractivity contribution is 0.243. The van der Waals surface area contributed by atoms with Crippen molar-refractivity contribution in [3.05, 3.63) is 0 Å². The number of rotatable bonds is 6. The zero-order valence-electron chi connectivity index (χ0n) is 10.2. The molecule has 0 saturated heterocycles. The third-order valence-corrected chi connectivity index (χ3v) is 3.61. The zero-order valence-corrected chi connectivity index (χ0v) is 10.2. The molecule has 0 spiro atoms. The fraction of sp³-hybridized carbons (Fsp3) is 1.00. The second kappa shape index (κ2) is 5.75. The van der Waals surface area contributed by atoms with E-state index in [1.807, 2.05) is 0 Å². The molecule has 84 valence electrons. The van der Waals surface area contributed by atoms with E-state index in [2.05, 4.69) is 26.1 Å². The van der Waals surface area contributed by atoms with Gasteiger partial charge in [-0.3, -0.25) is 0 Å². The van der Waals surface area contributed by atoms with Gasteiger partial charge in [-0.25, -0.2) is 0 Å². The van der Waals surface area contributed by atoms with E-state index in [0.29, 0.717) is 11.5 Å². The van der Waals surface area contributed by atoms with Crippen LogP contribution in [-0.4, -0.2) is 12.6 Å². The van der Waals surface area contributed by atoms with Crippen molar-refractivity contribution in [2.24, 2.45) is 5.41 Å². The molecule has 0 atom stereocenters. The summed E-state index contributed by atoms with van der Waals surface area (Å²) in [5.74, 6) is 0. The fourth-order valence-electron chi connectivity index (χ4n) is 2.61. The fourth-order valence-corrected chi connectivity index (χ4v) is 2.61. The van der Waals surface area contributed by atoms with E-state index in [-0.39, 0.29) is 0 Å². The summed E-state index contributed by atoms with van der Waals surface area (Å²) in [6.45, 7) is 8.06. The highest BCUT2D eigenvalue weighted by molar-refractivity contribution is 4.86. The van der Waals surface area contributed by atoms with Crippen LogP contribution in [0.3, 0.4) is 0 Å². The molecule has 0 bridgehead atoms. The smallest absolute Gasteiger partial charge is 0.00106 e. The quantitative estimate of drug-likeness (QED) is 0.684. The normalized spacial score (nSPS) is 20.6. The Hall–Kier alpha value is -0.0400. The number of nitrogens with one attached hydrogen (secondary N) is 1. The molecule has 1 fully saturated rings. The molecule has 0 heterocycles. The molecule has 0 aromatic carbocycles. The van der Waals surface area contributed by atoms with Gasteiger partial charge in [-0.15, -0.1) is 0 Å². The Morgan fingerprint density at radius 2 is 1.86 bits per heavy atom. The van der Waals surface area contributed by atoms with Gasteiger partial charge < -0.3 is 5.32 Å². The first kappa shape index (κ1) is 12.0. The molecule has 1 aliphatic carbocycles. The van der Waals surface area contributed by atoms with Crippen molar-refractivity contribution in [1.29, 1.82) is 0 Å². The van der Waals surface area contributed by atoms with Crippen molar-refractivity contribution in [3.8, 4) is 0 Å². The largest absolute Gasteiger partial charge is 0.314 e.